The molecule has 0 aliphatic carbocycles. The maximum absolute atomic E-state index is 11.8. The second-order valence-corrected chi connectivity index (χ2v) is 5.26. The number of carbonyl (C=O) groups excluding carboxylic acids is 1. The van der Waals surface area contributed by atoms with E-state index in [-0.39, 0.29) is 18.1 Å². The second-order valence-electron chi connectivity index (χ2n) is 5.26. The van der Waals surface area contributed by atoms with Crippen molar-refractivity contribution in [3.63, 3.8) is 0 Å². The number of hydrogen-bond acceptors (Lipinski definition) is 5. The Morgan fingerprint density at radius 2 is 2.00 bits per heavy atom. The van der Waals surface area contributed by atoms with Crippen molar-refractivity contribution >= 4 is 11.6 Å². The van der Waals surface area contributed by atoms with Crippen LogP contribution in [0.25, 0.3) is 0 Å². The first kappa shape index (κ1) is 15.8. The molecule has 1 aliphatic heterocycles. The fraction of sp³-hybridized carbons (Fsp3) is 0.533. The van der Waals surface area contributed by atoms with Crippen molar-refractivity contribution in [1.82, 2.24) is 5.32 Å². The van der Waals surface area contributed by atoms with Crippen LogP contribution in [0.5, 0.6) is 5.75 Å². The molecule has 0 saturated carbocycles. The largest absolute Gasteiger partial charge is 0.491 e. The maximum Gasteiger partial charge on any atom is 0.250 e. The molecule has 1 amide bonds. The third-order valence-corrected chi connectivity index (χ3v) is 3.24. The minimum Gasteiger partial charge on any atom is -0.491 e. The molecule has 0 unspecified atom stereocenters. The minimum atomic E-state index is -0.212. The number of amides is 1. The van der Waals surface area contributed by atoms with Gasteiger partial charge in [0.1, 0.15) is 19.0 Å². The van der Waals surface area contributed by atoms with Gasteiger partial charge in [0.05, 0.1) is 12.2 Å². The summed E-state index contributed by atoms with van der Waals surface area (Å²) in [5.74, 6) is 0.588. The molecule has 1 aromatic carbocycles. The second kappa shape index (κ2) is 7.40. The first-order chi connectivity index (χ1) is 10.1. The number of benzene rings is 1. The molecule has 6 nitrogen and oxygen atoms in total. The highest BCUT2D eigenvalue weighted by atomic mass is 16.5. The molecule has 1 heterocycles. The Bertz CT molecular complexity index is 457. The number of carbonyl (C=O) groups is 1. The number of anilines is 1. The van der Waals surface area contributed by atoms with E-state index in [4.69, 9.17) is 14.2 Å². The van der Waals surface area contributed by atoms with Crippen molar-refractivity contribution in [3.05, 3.63) is 24.3 Å². The predicted octanol–water partition coefficient (Wildman–Crippen LogP) is 1.03. The zero-order chi connectivity index (χ0) is 15.1. The van der Waals surface area contributed by atoms with Gasteiger partial charge in [-0.2, -0.15) is 0 Å². The fourth-order valence-corrected chi connectivity index (χ4v) is 1.89. The number of ether oxygens (including phenoxy) is 3. The van der Waals surface area contributed by atoms with Gasteiger partial charge in [0.15, 0.2) is 0 Å². The highest BCUT2D eigenvalue weighted by Gasteiger charge is 2.32. The average Bonchev–Trinajstić information content (AvgIpc) is 2.45. The summed E-state index contributed by atoms with van der Waals surface area (Å²) < 4.78 is 15.9. The Labute approximate surface area is 124 Å². The first-order valence-electron chi connectivity index (χ1n) is 6.98. The van der Waals surface area contributed by atoms with E-state index in [9.17, 15) is 4.79 Å². The van der Waals surface area contributed by atoms with Gasteiger partial charge in [-0.3, -0.25) is 4.79 Å². The molecular weight excluding hydrogens is 272 g/mol. The first-order valence-corrected chi connectivity index (χ1v) is 6.98. The molecule has 2 rings (SSSR count). The van der Waals surface area contributed by atoms with Crippen molar-refractivity contribution in [1.29, 1.82) is 0 Å². The molecule has 0 radical (unpaired) electrons. The van der Waals surface area contributed by atoms with Crippen molar-refractivity contribution in [2.45, 2.75) is 12.5 Å². The average molecular weight is 294 g/mol. The Hall–Kier alpha value is -1.63. The highest BCUT2D eigenvalue weighted by Crippen LogP contribution is 2.17. The van der Waals surface area contributed by atoms with Crippen molar-refractivity contribution in [2.24, 2.45) is 0 Å². The van der Waals surface area contributed by atoms with E-state index in [1.807, 2.05) is 19.1 Å². The smallest absolute Gasteiger partial charge is 0.250 e. The zero-order valence-corrected chi connectivity index (χ0v) is 12.5. The molecular formula is C15H22N2O4. The Balaban J connectivity index is 1.73. The lowest BCUT2D eigenvalue weighted by molar-refractivity contribution is -0.130. The Kier molecular flexibility index (Phi) is 5.55. The lowest BCUT2D eigenvalue weighted by Crippen LogP contribution is -2.59. The lowest BCUT2D eigenvalue weighted by atomic mass is 10.0. The van der Waals surface area contributed by atoms with Gasteiger partial charge in [0.25, 0.3) is 0 Å². The van der Waals surface area contributed by atoms with Crippen LogP contribution in [0.3, 0.4) is 0 Å². The molecule has 1 aliphatic rings. The topological polar surface area (TPSA) is 68.8 Å². The van der Waals surface area contributed by atoms with Gasteiger partial charge < -0.3 is 24.8 Å². The van der Waals surface area contributed by atoms with Crippen LogP contribution in [0.4, 0.5) is 5.69 Å². The summed E-state index contributed by atoms with van der Waals surface area (Å²) in [4.78, 5) is 11.8. The number of methoxy groups -OCH3 is 1. The minimum absolute atomic E-state index is 0.0598. The normalized spacial score (nSPS) is 16.1. The quantitative estimate of drug-likeness (QED) is 0.701. The molecule has 1 aromatic rings. The molecule has 6 heteroatoms. The van der Waals surface area contributed by atoms with E-state index >= 15 is 0 Å². The zero-order valence-electron chi connectivity index (χ0n) is 12.5. The Morgan fingerprint density at radius 1 is 1.29 bits per heavy atom. The summed E-state index contributed by atoms with van der Waals surface area (Å²) in [6.07, 6.45) is 0. The SMILES string of the molecule is COCCOc1ccc(NC(=O)COC2(C)CNC2)cc1. The van der Waals surface area contributed by atoms with Crippen LogP contribution in [-0.4, -0.2) is 51.5 Å². The van der Waals surface area contributed by atoms with Crippen LogP contribution in [0, 0.1) is 0 Å². The van der Waals surface area contributed by atoms with Crippen LogP contribution in [0.2, 0.25) is 0 Å². The maximum atomic E-state index is 11.8. The number of hydrogen-bond donors (Lipinski definition) is 2. The predicted molar refractivity (Wildman–Crippen MR) is 79.7 cm³/mol. The summed E-state index contributed by atoms with van der Waals surface area (Å²) in [5.41, 5.74) is 0.510. The summed E-state index contributed by atoms with van der Waals surface area (Å²) in [7, 11) is 1.63. The van der Waals surface area contributed by atoms with E-state index in [0.29, 0.717) is 13.2 Å². The van der Waals surface area contributed by atoms with Crippen LogP contribution < -0.4 is 15.4 Å². The molecule has 1 saturated heterocycles. The van der Waals surface area contributed by atoms with Gasteiger partial charge in [-0.1, -0.05) is 0 Å². The molecule has 2 N–H and O–H groups in total. The molecule has 0 bridgehead atoms. The van der Waals surface area contributed by atoms with Gasteiger partial charge in [-0.15, -0.1) is 0 Å². The van der Waals surface area contributed by atoms with Crippen molar-refractivity contribution in [3.8, 4) is 5.75 Å². The van der Waals surface area contributed by atoms with E-state index in [1.54, 1.807) is 19.2 Å². The molecule has 21 heavy (non-hydrogen) atoms. The van der Waals surface area contributed by atoms with Crippen LogP contribution in [-0.2, 0) is 14.3 Å². The molecule has 0 atom stereocenters. The van der Waals surface area contributed by atoms with E-state index in [1.165, 1.54) is 0 Å². The van der Waals surface area contributed by atoms with Gasteiger partial charge in [-0.25, -0.2) is 0 Å². The van der Waals surface area contributed by atoms with E-state index in [0.717, 1.165) is 24.5 Å². The monoisotopic (exact) mass is 294 g/mol. The lowest BCUT2D eigenvalue weighted by Gasteiger charge is -2.38. The molecule has 0 aromatic heterocycles. The van der Waals surface area contributed by atoms with Crippen LogP contribution >= 0.6 is 0 Å². The molecule has 116 valence electrons. The molecule has 1 fully saturated rings. The summed E-state index contributed by atoms with van der Waals surface area (Å²) in [5, 5.41) is 5.92. The third-order valence-electron chi connectivity index (χ3n) is 3.24. The van der Waals surface area contributed by atoms with Crippen LogP contribution in [0.15, 0.2) is 24.3 Å². The Morgan fingerprint density at radius 3 is 2.57 bits per heavy atom. The number of rotatable bonds is 8. The molecule has 0 spiro atoms. The van der Waals surface area contributed by atoms with Gasteiger partial charge in [-0.05, 0) is 31.2 Å². The summed E-state index contributed by atoms with van der Waals surface area (Å²) in [6.45, 7) is 4.67. The van der Waals surface area contributed by atoms with E-state index < -0.39 is 0 Å². The van der Waals surface area contributed by atoms with Crippen molar-refractivity contribution < 1.29 is 19.0 Å². The summed E-state index contributed by atoms with van der Waals surface area (Å²) in [6, 6.07) is 7.21. The van der Waals surface area contributed by atoms with Gasteiger partial charge >= 0.3 is 0 Å². The van der Waals surface area contributed by atoms with Gasteiger partial charge in [0, 0.05) is 25.9 Å². The standard InChI is InChI=1S/C15H22N2O4/c1-15(10-16-11-15)21-9-14(18)17-12-3-5-13(6-4-12)20-8-7-19-2/h3-6,16H,7-11H2,1-2H3,(H,17,18). The van der Waals surface area contributed by atoms with Crippen LogP contribution in [0.1, 0.15) is 6.92 Å². The number of nitrogens with one attached hydrogen (secondary N) is 2. The fourth-order valence-electron chi connectivity index (χ4n) is 1.89. The van der Waals surface area contributed by atoms with E-state index in [2.05, 4.69) is 10.6 Å². The highest BCUT2D eigenvalue weighted by molar-refractivity contribution is 5.91. The summed E-state index contributed by atoms with van der Waals surface area (Å²) >= 11 is 0. The van der Waals surface area contributed by atoms with Crippen molar-refractivity contribution in [2.75, 3.05) is 45.3 Å². The third kappa shape index (κ3) is 5.00. The van der Waals surface area contributed by atoms with Gasteiger partial charge in [0.2, 0.25) is 5.91 Å².